The Hall–Kier alpha value is -1.58. The highest BCUT2D eigenvalue weighted by molar-refractivity contribution is 5.91. The maximum Gasteiger partial charge on any atom is 0.326 e. The van der Waals surface area contributed by atoms with Crippen LogP contribution in [0.2, 0.25) is 0 Å². The van der Waals surface area contributed by atoms with Crippen LogP contribution in [-0.4, -0.2) is 34.5 Å². The van der Waals surface area contributed by atoms with Crippen LogP contribution >= 0.6 is 0 Å². The summed E-state index contributed by atoms with van der Waals surface area (Å²) in [5, 5.41) is 9.21. The number of carbonyl (C=O) groups excluding carboxylic acids is 1. The first-order valence-electron chi connectivity index (χ1n) is 6.49. The van der Waals surface area contributed by atoms with Gasteiger partial charge >= 0.3 is 5.97 Å². The average Bonchev–Trinajstić information content (AvgIpc) is 2.28. The quantitative estimate of drug-likeness (QED) is 0.619. The summed E-state index contributed by atoms with van der Waals surface area (Å²) >= 11 is 0. The molecule has 0 aromatic heterocycles. The van der Waals surface area contributed by atoms with Crippen molar-refractivity contribution in [2.45, 2.75) is 45.1 Å². The summed E-state index contributed by atoms with van der Waals surface area (Å²) in [6.07, 6.45) is 11.1. The van der Waals surface area contributed by atoms with E-state index in [4.69, 9.17) is 0 Å². The van der Waals surface area contributed by atoms with Crippen molar-refractivity contribution in [2.75, 3.05) is 6.54 Å². The number of amides is 1. The van der Waals surface area contributed by atoms with Crippen molar-refractivity contribution in [3.05, 3.63) is 24.3 Å². The van der Waals surface area contributed by atoms with Gasteiger partial charge in [0.1, 0.15) is 6.04 Å². The van der Waals surface area contributed by atoms with Gasteiger partial charge in [0.05, 0.1) is 0 Å². The number of nitrogens with zero attached hydrogens (tertiary/aromatic N) is 1. The zero-order valence-electron chi connectivity index (χ0n) is 10.8. The molecule has 0 aromatic carbocycles. The smallest absolute Gasteiger partial charge is 0.326 e. The Morgan fingerprint density at radius 3 is 2.56 bits per heavy atom. The van der Waals surface area contributed by atoms with Crippen LogP contribution in [0.15, 0.2) is 24.3 Å². The Morgan fingerprint density at radius 2 is 1.89 bits per heavy atom. The minimum Gasteiger partial charge on any atom is -0.480 e. The van der Waals surface area contributed by atoms with Gasteiger partial charge in [0, 0.05) is 12.6 Å². The maximum atomic E-state index is 12.0. The van der Waals surface area contributed by atoms with Crippen LogP contribution < -0.4 is 0 Å². The second-order valence-electron chi connectivity index (χ2n) is 4.47. The fraction of sp³-hybridized carbons (Fsp3) is 0.571. The van der Waals surface area contributed by atoms with Crippen LogP contribution in [0, 0.1) is 0 Å². The molecule has 1 amide bonds. The van der Waals surface area contributed by atoms with E-state index in [2.05, 4.69) is 0 Å². The van der Waals surface area contributed by atoms with Gasteiger partial charge in [0.15, 0.2) is 0 Å². The molecule has 4 nitrogen and oxygen atoms in total. The largest absolute Gasteiger partial charge is 0.480 e. The van der Waals surface area contributed by atoms with E-state index in [0.717, 1.165) is 25.7 Å². The van der Waals surface area contributed by atoms with Gasteiger partial charge in [0.2, 0.25) is 5.91 Å². The van der Waals surface area contributed by atoms with Crippen molar-refractivity contribution in [3.63, 3.8) is 0 Å². The number of hydrogen-bond acceptors (Lipinski definition) is 2. The van der Waals surface area contributed by atoms with Crippen LogP contribution in [0.1, 0.15) is 39.0 Å². The predicted octanol–water partition coefficient (Wildman–Crippen LogP) is 2.36. The summed E-state index contributed by atoms with van der Waals surface area (Å²) in [6.45, 7) is 2.40. The highest BCUT2D eigenvalue weighted by atomic mass is 16.4. The Balaban J connectivity index is 2.76. The molecule has 1 fully saturated rings. The van der Waals surface area contributed by atoms with Crippen molar-refractivity contribution in [3.8, 4) is 0 Å². The van der Waals surface area contributed by atoms with Crippen molar-refractivity contribution in [1.29, 1.82) is 0 Å². The molecule has 1 aliphatic rings. The van der Waals surface area contributed by atoms with Crippen molar-refractivity contribution in [1.82, 2.24) is 4.90 Å². The molecule has 0 spiro atoms. The number of rotatable bonds is 3. The van der Waals surface area contributed by atoms with E-state index in [1.54, 1.807) is 12.2 Å². The summed E-state index contributed by atoms with van der Waals surface area (Å²) in [5.41, 5.74) is 0. The van der Waals surface area contributed by atoms with Gasteiger partial charge in [0.25, 0.3) is 0 Å². The van der Waals surface area contributed by atoms with Crippen LogP contribution in [0.25, 0.3) is 0 Å². The fourth-order valence-electron chi connectivity index (χ4n) is 2.15. The van der Waals surface area contributed by atoms with Gasteiger partial charge in [-0.2, -0.15) is 0 Å². The molecule has 1 unspecified atom stereocenters. The predicted molar refractivity (Wildman–Crippen MR) is 70.2 cm³/mol. The molecule has 1 rings (SSSR count). The van der Waals surface area contributed by atoms with Gasteiger partial charge in [-0.15, -0.1) is 0 Å². The molecule has 1 atom stereocenters. The zero-order chi connectivity index (χ0) is 13.4. The SMILES string of the molecule is CC=CC=CC(=O)N1CCCCCCC1C(=O)O. The molecule has 0 radical (unpaired) electrons. The first-order chi connectivity index (χ1) is 8.66. The summed E-state index contributed by atoms with van der Waals surface area (Å²) in [5.74, 6) is -1.10. The molecule has 0 saturated carbocycles. The minimum absolute atomic E-state index is 0.206. The lowest BCUT2D eigenvalue weighted by Crippen LogP contribution is -2.45. The lowest BCUT2D eigenvalue weighted by atomic mass is 10.0. The molecular weight excluding hydrogens is 230 g/mol. The average molecular weight is 251 g/mol. The second-order valence-corrected chi connectivity index (χ2v) is 4.47. The Bertz CT molecular complexity index is 347. The number of allylic oxidation sites excluding steroid dienone is 3. The number of carboxylic acids is 1. The van der Waals surface area contributed by atoms with Crippen molar-refractivity contribution >= 4 is 11.9 Å². The van der Waals surface area contributed by atoms with Gasteiger partial charge in [-0.25, -0.2) is 4.79 Å². The number of aliphatic carboxylic acids is 1. The highest BCUT2D eigenvalue weighted by Gasteiger charge is 2.28. The van der Waals surface area contributed by atoms with E-state index in [9.17, 15) is 14.7 Å². The molecule has 1 heterocycles. The van der Waals surface area contributed by atoms with E-state index in [1.165, 1.54) is 11.0 Å². The van der Waals surface area contributed by atoms with E-state index < -0.39 is 12.0 Å². The zero-order valence-corrected chi connectivity index (χ0v) is 10.8. The molecule has 1 aliphatic heterocycles. The molecule has 4 heteroatoms. The normalized spacial score (nSPS) is 22.1. The molecule has 0 bridgehead atoms. The summed E-state index contributed by atoms with van der Waals surface area (Å²) in [7, 11) is 0. The topological polar surface area (TPSA) is 57.6 Å². The van der Waals surface area contributed by atoms with Gasteiger partial charge in [-0.1, -0.05) is 37.5 Å². The molecule has 1 N–H and O–H groups in total. The number of carbonyl (C=O) groups is 2. The fourth-order valence-corrected chi connectivity index (χ4v) is 2.15. The van der Waals surface area contributed by atoms with Crippen LogP contribution in [-0.2, 0) is 9.59 Å². The number of hydrogen-bond donors (Lipinski definition) is 1. The van der Waals surface area contributed by atoms with E-state index >= 15 is 0 Å². The molecule has 1 saturated heterocycles. The van der Waals surface area contributed by atoms with Crippen molar-refractivity contribution in [2.24, 2.45) is 0 Å². The lowest BCUT2D eigenvalue weighted by Gasteiger charge is -2.29. The van der Waals surface area contributed by atoms with Crippen molar-refractivity contribution < 1.29 is 14.7 Å². The third kappa shape index (κ3) is 4.35. The first-order valence-corrected chi connectivity index (χ1v) is 6.49. The highest BCUT2D eigenvalue weighted by Crippen LogP contribution is 2.17. The van der Waals surface area contributed by atoms with Crippen LogP contribution in [0.5, 0.6) is 0 Å². The van der Waals surface area contributed by atoms with Crippen LogP contribution in [0.4, 0.5) is 0 Å². The first kappa shape index (κ1) is 14.5. The molecule has 18 heavy (non-hydrogen) atoms. The van der Waals surface area contributed by atoms with Gasteiger partial charge < -0.3 is 10.0 Å². The Kier molecular flexibility index (Phi) is 6.19. The summed E-state index contributed by atoms with van der Waals surface area (Å²) in [4.78, 5) is 24.7. The monoisotopic (exact) mass is 251 g/mol. The van der Waals surface area contributed by atoms with E-state index in [0.29, 0.717) is 13.0 Å². The summed E-state index contributed by atoms with van der Waals surface area (Å²) < 4.78 is 0. The Labute approximate surface area is 108 Å². The second kappa shape index (κ2) is 7.69. The number of carboxylic acid groups (broad SMARTS) is 1. The van der Waals surface area contributed by atoms with E-state index in [1.807, 2.05) is 13.0 Å². The third-order valence-electron chi connectivity index (χ3n) is 3.11. The molecule has 0 aliphatic carbocycles. The Morgan fingerprint density at radius 1 is 1.17 bits per heavy atom. The third-order valence-corrected chi connectivity index (χ3v) is 3.11. The summed E-state index contributed by atoms with van der Waals surface area (Å²) in [6, 6.07) is -0.673. The van der Waals surface area contributed by atoms with E-state index in [-0.39, 0.29) is 5.91 Å². The molecule has 100 valence electrons. The number of likely N-dealkylation sites (tertiary alicyclic amines) is 1. The lowest BCUT2D eigenvalue weighted by molar-refractivity contribution is -0.149. The molecular formula is C14H21NO3. The standard InChI is InChI=1S/C14H21NO3/c1-2-3-6-10-13(16)15-11-8-5-4-7-9-12(15)14(17)18/h2-3,6,10,12H,4-5,7-9,11H2,1H3,(H,17,18). The van der Waals surface area contributed by atoms with Crippen LogP contribution in [0.3, 0.4) is 0 Å². The minimum atomic E-state index is -0.898. The van der Waals surface area contributed by atoms with Gasteiger partial charge in [-0.05, 0) is 19.8 Å². The van der Waals surface area contributed by atoms with Gasteiger partial charge in [-0.3, -0.25) is 4.79 Å². The molecule has 0 aromatic rings. The maximum absolute atomic E-state index is 12.0.